The first kappa shape index (κ1) is 9.40. The molecule has 3 heteroatoms. The van der Waals surface area contributed by atoms with Crippen LogP contribution in [0.1, 0.15) is 55.6 Å². The molecule has 1 aliphatic heterocycles. The van der Waals surface area contributed by atoms with Crippen LogP contribution < -0.4 is 5.73 Å². The van der Waals surface area contributed by atoms with Crippen LogP contribution in [-0.4, -0.2) is 16.1 Å². The van der Waals surface area contributed by atoms with E-state index in [0.29, 0.717) is 6.04 Å². The molecule has 0 aromatic carbocycles. The summed E-state index contributed by atoms with van der Waals surface area (Å²) in [6.45, 7) is 0.798. The second-order valence-corrected chi connectivity index (χ2v) is 4.88. The van der Waals surface area contributed by atoms with Crippen LogP contribution in [0.5, 0.6) is 0 Å². The Labute approximate surface area is 90.7 Å². The van der Waals surface area contributed by atoms with Crippen LogP contribution in [0.2, 0.25) is 0 Å². The molecule has 0 spiro atoms. The van der Waals surface area contributed by atoms with Gasteiger partial charge in [-0.05, 0) is 45.1 Å². The number of rotatable bonds is 3. The predicted molar refractivity (Wildman–Crippen MR) is 59.8 cm³/mol. The Morgan fingerprint density at radius 1 is 1.40 bits per heavy atom. The topological polar surface area (TPSA) is 43.8 Å². The van der Waals surface area contributed by atoms with E-state index >= 15 is 0 Å². The van der Waals surface area contributed by atoms with Crippen molar-refractivity contribution in [3.63, 3.8) is 0 Å². The van der Waals surface area contributed by atoms with E-state index < -0.39 is 0 Å². The molecule has 1 aromatic rings. The van der Waals surface area contributed by atoms with Gasteiger partial charge in [0.15, 0.2) is 0 Å². The third kappa shape index (κ3) is 1.59. The maximum Gasteiger partial charge on any atom is 0.112 e. The van der Waals surface area contributed by atoms with E-state index in [1.165, 1.54) is 43.6 Å². The van der Waals surface area contributed by atoms with Crippen LogP contribution in [0.25, 0.3) is 0 Å². The van der Waals surface area contributed by atoms with Gasteiger partial charge in [0, 0.05) is 23.9 Å². The van der Waals surface area contributed by atoms with Crippen molar-refractivity contribution in [1.82, 2.24) is 9.55 Å². The molecule has 3 nitrogen and oxygen atoms in total. The maximum atomic E-state index is 5.69. The third-order valence-corrected chi connectivity index (χ3v) is 3.68. The Kier molecular flexibility index (Phi) is 2.28. The number of hydrogen-bond donors (Lipinski definition) is 1. The Bertz CT molecular complexity index is 352. The van der Waals surface area contributed by atoms with Crippen molar-refractivity contribution in [2.24, 2.45) is 5.73 Å². The van der Waals surface area contributed by atoms with Gasteiger partial charge in [-0.1, -0.05) is 0 Å². The summed E-state index contributed by atoms with van der Waals surface area (Å²) in [5, 5.41) is 0. The van der Waals surface area contributed by atoms with E-state index in [-0.39, 0.29) is 0 Å². The van der Waals surface area contributed by atoms with Crippen LogP contribution in [0.4, 0.5) is 0 Å². The average Bonchev–Trinajstić information content (AvgIpc) is 3.00. The van der Waals surface area contributed by atoms with E-state index in [1.807, 2.05) is 0 Å². The van der Waals surface area contributed by atoms with Crippen molar-refractivity contribution in [3.05, 3.63) is 17.7 Å². The lowest BCUT2D eigenvalue weighted by molar-refractivity contribution is 0.373. The first-order chi connectivity index (χ1) is 7.40. The highest BCUT2D eigenvalue weighted by Crippen LogP contribution is 2.42. The van der Waals surface area contributed by atoms with Gasteiger partial charge >= 0.3 is 0 Å². The van der Waals surface area contributed by atoms with Gasteiger partial charge in [0.25, 0.3) is 0 Å². The highest BCUT2D eigenvalue weighted by atomic mass is 15.1. The lowest BCUT2D eigenvalue weighted by Gasteiger charge is -2.27. The zero-order chi connectivity index (χ0) is 10.3. The molecule has 2 N–H and O–H groups in total. The molecular formula is C12H19N3. The molecule has 15 heavy (non-hydrogen) atoms. The second kappa shape index (κ2) is 3.63. The molecule has 2 aliphatic rings. The molecule has 2 heterocycles. The van der Waals surface area contributed by atoms with Gasteiger partial charge in [-0.2, -0.15) is 0 Å². The lowest BCUT2D eigenvalue weighted by atomic mass is 10.00. The first-order valence-electron chi connectivity index (χ1n) is 6.16. The number of aromatic nitrogens is 2. The zero-order valence-corrected chi connectivity index (χ0v) is 9.15. The number of imidazole rings is 1. The quantitative estimate of drug-likeness (QED) is 0.820. The summed E-state index contributed by atoms with van der Waals surface area (Å²) in [7, 11) is 0. The number of aryl methyl sites for hydroxylation is 1. The standard InChI is InChI=1S/C12H19N3/c13-7-6-10-2-1-3-11-8-14-12(15(10)11)9-4-5-9/h8-10H,1-7,13H2. The monoisotopic (exact) mass is 205 g/mol. The van der Waals surface area contributed by atoms with E-state index in [2.05, 4.69) is 15.7 Å². The number of nitrogens with zero attached hydrogens (tertiary/aromatic N) is 2. The van der Waals surface area contributed by atoms with Crippen molar-refractivity contribution in [2.75, 3.05) is 6.54 Å². The largest absolute Gasteiger partial charge is 0.330 e. The summed E-state index contributed by atoms with van der Waals surface area (Å²) in [5.41, 5.74) is 7.14. The first-order valence-corrected chi connectivity index (χ1v) is 6.16. The smallest absolute Gasteiger partial charge is 0.112 e. The Hall–Kier alpha value is -0.830. The minimum atomic E-state index is 0.636. The normalized spacial score (nSPS) is 25.3. The fourth-order valence-electron chi connectivity index (χ4n) is 2.78. The predicted octanol–water partition coefficient (Wildman–Crippen LogP) is 1.99. The SMILES string of the molecule is NCCC1CCCc2cnc(C3CC3)n21. The third-order valence-electron chi connectivity index (χ3n) is 3.68. The number of nitrogens with two attached hydrogens (primary N) is 1. The average molecular weight is 205 g/mol. The molecule has 0 amide bonds. The van der Waals surface area contributed by atoms with Crippen molar-refractivity contribution < 1.29 is 0 Å². The van der Waals surface area contributed by atoms with Gasteiger partial charge in [-0.15, -0.1) is 0 Å². The Balaban J connectivity index is 1.95. The summed E-state index contributed by atoms with van der Waals surface area (Å²) in [6, 6.07) is 0.636. The fraction of sp³-hybridized carbons (Fsp3) is 0.750. The molecular weight excluding hydrogens is 186 g/mol. The van der Waals surface area contributed by atoms with Gasteiger partial charge in [-0.25, -0.2) is 4.98 Å². The molecule has 0 radical (unpaired) electrons. The summed E-state index contributed by atoms with van der Waals surface area (Å²) in [6.07, 6.45) is 9.69. The Morgan fingerprint density at radius 3 is 3.00 bits per heavy atom. The van der Waals surface area contributed by atoms with Crippen molar-refractivity contribution in [1.29, 1.82) is 0 Å². The molecule has 1 atom stereocenters. The molecule has 1 fully saturated rings. The maximum absolute atomic E-state index is 5.69. The van der Waals surface area contributed by atoms with E-state index in [0.717, 1.165) is 18.9 Å². The van der Waals surface area contributed by atoms with E-state index in [4.69, 9.17) is 5.73 Å². The van der Waals surface area contributed by atoms with Crippen LogP contribution in [0.3, 0.4) is 0 Å². The van der Waals surface area contributed by atoms with Crippen LogP contribution >= 0.6 is 0 Å². The summed E-state index contributed by atoms with van der Waals surface area (Å²) >= 11 is 0. The van der Waals surface area contributed by atoms with Gasteiger partial charge in [0.05, 0.1) is 0 Å². The fourth-order valence-corrected chi connectivity index (χ4v) is 2.78. The van der Waals surface area contributed by atoms with Gasteiger partial charge in [-0.3, -0.25) is 0 Å². The van der Waals surface area contributed by atoms with Gasteiger partial charge < -0.3 is 10.3 Å². The zero-order valence-electron chi connectivity index (χ0n) is 9.15. The molecule has 3 rings (SSSR count). The highest BCUT2D eigenvalue weighted by Gasteiger charge is 2.32. The van der Waals surface area contributed by atoms with Crippen LogP contribution in [0.15, 0.2) is 6.20 Å². The second-order valence-electron chi connectivity index (χ2n) is 4.88. The minimum absolute atomic E-state index is 0.636. The minimum Gasteiger partial charge on any atom is -0.330 e. The van der Waals surface area contributed by atoms with Crippen LogP contribution in [0, 0.1) is 0 Å². The van der Waals surface area contributed by atoms with Gasteiger partial charge in [0.1, 0.15) is 5.82 Å². The van der Waals surface area contributed by atoms with Crippen LogP contribution in [-0.2, 0) is 6.42 Å². The van der Waals surface area contributed by atoms with Crippen molar-refractivity contribution in [3.8, 4) is 0 Å². The van der Waals surface area contributed by atoms with E-state index in [9.17, 15) is 0 Å². The molecule has 1 aromatic heterocycles. The highest BCUT2D eigenvalue weighted by molar-refractivity contribution is 5.17. The molecule has 1 unspecified atom stereocenters. The molecule has 82 valence electrons. The molecule has 1 aliphatic carbocycles. The summed E-state index contributed by atoms with van der Waals surface area (Å²) in [4.78, 5) is 4.61. The summed E-state index contributed by atoms with van der Waals surface area (Å²) < 4.78 is 2.51. The van der Waals surface area contributed by atoms with Crippen molar-refractivity contribution in [2.45, 2.75) is 50.5 Å². The summed E-state index contributed by atoms with van der Waals surface area (Å²) in [5.74, 6) is 2.11. The van der Waals surface area contributed by atoms with Crippen molar-refractivity contribution >= 4 is 0 Å². The molecule has 0 bridgehead atoms. The van der Waals surface area contributed by atoms with E-state index in [1.54, 1.807) is 0 Å². The Morgan fingerprint density at radius 2 is 2.27 bits per heavy atom. The lowest BCUT2D eigenvalue weighted by Crippen LogP contribution is -2.22. The molecule has 0 saturated heterocycles. The molecule has 1 saturated carbocycles. The van der Waals surface area contributed by atoms with Gasteiger partial charge in [0.2, 0.25) is 0 Å². The number of hydrogen-bond acceptors (Lipinski definition) is 2. The number of fused-ring (bicyclic) bond motifs is 1.